The summed E-state index contributed by atoms with van der Waals surface area (Å²) in [7, 11) is 0. The maximum atomic E-state index is 13.6. The molecule has 21 heavy (non-hydrogen) atoms. The van der Waals surface area contributed by atoms with E-state index in [-0.39, 0.29) is 11.7 Å². The number of benzene rings is 1. The van der Waals surface area contributed by atoms with Crippen LogP contribution in [0.25, 0.3) is 0 Å². The molecule has 0 unspecified atom stereocenters. The first kappa shape index (κ1) is 14.9. The third-order valence-corrected chi connectivity index (χ3v) is 5.44. The fourth-order valence-electron chi connectivity index (χ4n) is 1.96. The van der Waals surface area contributed by atoms with Crippen LogP contribution in [-0.4, -0.2) is 25.0 Å². The maximum Gasteiger partial charge on any atom is 0.209 e. The summed E-state index contributed by atoms with van der Waals surface area (Å²) in [6.45, 7) is 0. The number of halogens is 3. The zero-order valence-corrected chi connectivity index (χ0v) is 13.3. The molecule has 0 spiro atoms. The third kappa shape index (κ3) is 3.27. The van der Waals surface area contributed by atoms with E-state index in [0.717, 1.165) is 12.2 Å². The Hall–Kier alpha value is -0.980. The van der Waals surface area contributed by atoms with Gasteiger partial charge in [-0.3, -0.25) is 0 Å². The number of nitrogen functional groups attached to an aromatic ring is 1. The van der Waals surface area contributed by atoms with Gasteiger partial charge in [-0.25, -0.2) is 9.07 Å². The lowest BCUT2D eigenvalue weighted by Gasteiger charge is -2.04. The SMILES string of the molecule is Nn1c(Cc2ccccc2F)nnc1SC[C@@H]1CC1(Cl)Cl. The van der Waals surface area contributed by atoms with E-state index in [1.165, 1.54) is 22.5 Å². The molecule has 1 saturated carbocycles. The Morgan fingerprint density at radius 1 is 1.38 bits per heavy atom. The van der Waals surface area contributed by atoms with Crippen LogP contribution >= 0.6 is 35.0 Å². The molecule has 1 atom stereocenters. The van der Waals surface area contributed by atoms with Gasteiger partial charge in [-0.05, 0) is 18.1 Å². The van der Waals surface area contributed by atoms with Crippen LogP contribution in [0, 0.1) is 11.7 Å². The molecule has 1 aromatic carbocycles. The summed E-state index contributed by atoms with van der Waals surface area (Å²) in [6.07, 6.45) is 1.08. The molecule has 0 amide bonds. The number of hydrogen-bond acceptors (Lipinski definition) is 4. The molecule has 1 aliphatic rings. The lowest BCUT2D eigenvalue weighted by atomic mass is 10.1. The summed E-state index contributed by atoms with van der Waals surface area (Å²) in [4.78, 5) is 0. The minimum absolute atomic E-state index is 0.248. The molecule has 2 N–H and O–H groups in total. The van der Waals surface area contributed by atoms with E-state index in [9.17, 15) is 4.39 Å². The summed E-state index contributed by atoms with van der Waals surface area (Å²) in [5, 5.41) is 8.63. The summed E-state index contributed by atoms with van der Waals surface area (Å²) < 4.78 is 14.4. The third-order valence-electron chi connectivity index (χ3n) is 3.41. The van der Waals surface area contributed by atoms with Gasteiger partial charge in [0.25, 0.3) is 0 Å². The number of nitrogens with two attached hydrogens (primary N) is 1. The lowest BCUT2D eigenvalue weighted by Crippen LogP contribution is -2.15. The highest BCUT2D eigenvalue weighted by molar-refractivity contribution is 7.99. The van der Waals surface area contributed by atoms with E-state index < -0.39 is 4.33 Å². The molecule has 1 heterocycles. The molecule has 2 aromatic rings. The summed E-state index contributed by atoms with van der Waals surface area (Å²) in [5.41, 5.74) is 0.538. The number of aromatic nitrogens is 3. The van der Waals surface area contributed by atoms with Crippen molar-refractivity contribution < 1.29 is 4.39 Å². The van der Waals surface area contributed by atoms with Gasteiger partial charge >= 0.3 is 0 Å². The molecule has 0 aliphatic heterocycles. The Bertz CT molecular complexity index is 661. The number of nitrogens with zero attached hydrogens (tertiary/aromatic N) is 3. The molecule has 0 radical (unpaired) electrons. The highest BCUT2D eigenvalue weighted by Gasteiger charge is 2.51. The van der Waals surface area contributed by atoms with Gasteiger partial charge in [-0.1, -0.05) is 30.0 Å². The van der Waals surface area contributed by atoms with E-state index in [2.05, 4.69) is 10.2 Å². The average molecular weight is 347 g/mol. The predicted octanol–water partition coefficient (Wildman–Crippen LogP) is 3.01. The summed E-state index contributed by atoms with van der Waals surface area (Å²) >= 11 is 13.4. The zero-order chi connectivity index (χ0) is 15.0. The van der Waals surface area contributed by atoms with Crippen LogP contribution in [0.4, 0.5) is 4.39 Å². The van der Waals surface area contributed by atoms with E-state index in [0.29, 0.717) is 23.0 Å². The normalized spacial score (nSPS) is 19.7. The lowest BCUT2D eigenvalue weighted by molar-refractivity contribution is 0.610. The van der Waals surface area contributed by atoms with E-state index in [1.54, 1.807) is 18.2 Å². The summed E-state index contributed by atoms with van der Waals surface area (Å²) in [6, 6.07) is 6.54. The van der Waals surface area contributed by atoms with Crippen molar-refractivity contribution in [1.29, 1.82) is 0 Å². The van der Waals surface area contributed by atoms with Crippen LogP contribution in [0.2, 0.25) is 0 Å². The van der Waals surface area contributed by atoms with Gasteiger partial charge in [0.15, 0.2) is 5.82 Å². The Balaban J connectivity index is 1.67. The second-order valence-electron chi connectivity index (χ2n) is 5.01. The van der Waals surface area contributed by atoms with Gasteiger partial charge < -0.3 is 5.84 Å². The Kier molecular flexibility index (Phi) is 4.03. The Morgan fingerprint density at radius 2 is 2.10 bits per heavy atom. The van der Waals surface area contributed by atoms with Crippen molar-refractivity contribution in [3.63, 3.8) is 0 Å². The first-order valence-electron chi connectivity index (χ1n) is 6.41. The van der Waals surface area contributed by atoms with Crippen molar-refractivity contribution in [3.8, 4) is 0 Å². The molecule has 0 bridgehead atoms. The minimum atomic E-state index is -0.609. The first-order valence-corrected chi connectivity index (χ1v) is 8.15. The van der Waals surface area contributed by atoms with Crippen molar-refractivity contribution in [3.05, 3.63) is 41.5 Å². The second-order valence-corrected chi connectivity index (χ2v) is 7.54. The van der Waals surface area contributed by atoms with E-state index in [4.69, 9.17) is 29.0 Å². The van der Waals surface area contributed by atoms with Gasteiger partial charge in [-0.15, -0.1) is 33.4 Å². The van der Waals surface area contributed by atoms with Crippen LogP contribution < -0.4 is 5.84 Å². The Morgan fingerprint density at radius 3 is 2.76 bits per heavy atom. The number of rotatable bonds is 5. The quantitative estimate of drug-likeness (QED) is 0.513. The fourth-order valence-corrected chi connectivity index (χ4v) is 3.77. The van der Waals surface area contributed by atoms with Gasteiger partial charge in [0.05, 0.1) is 0 Å². The monoisotopic (exact) mass is 346 g/mol. The van der Waals surface area contributed by atoms with E-state index in [1.807, 2.05) is 0 Å². The standard InChI is InChI=1S/C13H13Cl2FN4S/c14-13(15)6-9(13)7-21-12-19-18-11(20(12)17)5-8-3-1-2-4-10(8)16/h1-4,9H,5-7,17H2/t9-/m0/s1. The van der Waals surface area contributed by atoms with Crippen LogP contribution in [-0.2, 0) is 6.42 Å². The van der Waals surface area contributed by atoms with Crippen molar-refractivity contribution >= 4 is 35.0 Å². The van der Waals surface area contributed by atoms with Crippen LogP contribution in [0.5, 0.6) is 0 Å². The molecule has 8 heteroatoms. The average Bonchev–Trinajstić information content (AvgIpc) is 2.91. The fraction of sp³-hybridized carbons (Fsp3) is 0.385. The van der Waals surface area contributed by atoms with Gasteiger partial charge in [0.1, 0.15) is 10.2 Å². The van der Waals surface area contributed by atoms with Gasteiger partial charge in [0, 0.05) is 18.1 Å². The molecule has 1 fully saturated rings. The summed E-state index contributed by atoms with van der Waals surface area (Å²) in [5.74, 6) is 7.18. The van der Waals surface area contributed by atoms with Gasteiger partial charge in [-0.2, -0.15) is 0 Å². The van der Waals surface area contributed by atoms with Crippen LogP contribution in [0.15, 0.2) is 29.4 Å². The molecular formula is C13H13Cl2FN4S. The zero-order valence-electron chi connectivity index (χ0n) is 11.0. The molecule has 1 aromatic heterocycles. The molecule has 4 nitrogen and oxygen atoms in total. The molecule has 1 aliphatic carbocycles. The van der Waals surface area contributed by atoms with Crippen molar-refractivity contribution in [2.45, 2.75) is 22.3 Å². The molecule has 3 rings (SSSR count). The molecule has 0 saturated heterocycles. The predicted molar refractivity (Wildman–Crippen MR) is 82.6 cm³/mol. The van der Waals surface area contributed by atoms with Crippen molar-refractivity contribution in [2.24, 2.45) is 5.92 Å². The largest absolute Gasteiger partial charge is 0.336 e. The van der Waals surface area contributed by atoms with Crippen LogP contribution in [0.1, 0.15) is 17.8 Å². The van der Waals surface area contributed by atoms with Crippen molar-refractivity contribution in [2.75, 3.05) is 11.6 Å². The Labute approximate surface area is 135 Å². The second kappa shape index (κ2) is 5.66. The molecule has 112 valence electrons. The number of hydrogen-bond donors (Lipinski definition) is 1. The van der Waals surface area contributed by atoms with Crippen LogP contribution in [0.3, 0.4) is 0 Å². The minimum Gasteiger partial charge on any atom is -0.336 e. The molecular weight excluding hydrogens is 334 g/mol. The van der Waals surface area contributed by atoms with E-state index >= 15 is 0 Å². The highest BCUT2D eigenvalue weighted by atomic mass is 35.5. The maximum absolute atomic E-state index is 13.6. The van der Waals surface area contributed by atoms with Gasteiger partial charge in [0.2, 0.25) is 5.16 Å². The highest BCUT2D eigenvalue weighted by Crippen LogP contribution is 2.54. The number of thioether (sulfide) groups is 1. The van der Waals surface area contributed by atoms with Crippen molar-refractivity contribution in [1.82, 2.24) is 14.9 Å². The first-order chi connectivity index (χ1) is 9.97. The topological polar surface area (TPSA) is 56.7 Å². The number of alkyl halides is 2. The smallest absolute Gasteiger partial charge is 0.209 e.